The van der Waals surface area contributed by atoms with Crippen molar-refractivity contribution in [3.63, 3.8) is 0 Å². The molecule has 0 aliphatic heterocycles. The Kier molecular flexibility index (Phi) is 4.79. The summed E-state index contributed by atoms with van der Waals surface area (Å²) in [5.41, 5.74) is 3.10. The second-order valence-electron chi connectivity index (χ2n) is 6.47. The number of H-pyrrole nitrogens is 1. The number of aryl methyl sites for hydroxylation is 1. The van der Waals surface area contributed by atoms with Crippen LogP contribution < -0.4 is 0 Å². The molecule has 0 amide bonds. The Bertz CT molecular complexity index is 1190. The quantitative estimate of drug-likeness (QED) is 0.298. The van der Waals surface area contributed by atoms with E-state index in [0.717, 1.165) is 26.8 Å². The molecule has 140 valence electrons. The first-order valence-corrected chi connectivity index (χ1v) is 9.70. The normalized spacial score (nSPS) is 12.6. The van der Waals surface area contributed by atoms with Crippen LogP contribution in [0.25, 0.3) is 27.2 Å². The summed E-state index contributed by atoms with van der Waals surface area (Å²) in [6, 6.07) is 15.3. The Labute approximate surface area is 165 Å². The number of hydrogen-bond acceptors (Lipinski definition) is 5. The van der Waals surface area contributed by atoms with Gasteiger partial charge in [0, 0.05) is 28.2 Å². The SMILES string of the molecule is Cc1[nH]c2ccccc2c1C(=O)C(C)OC(=O)C=Cc1nc2ccccc2s1. The number of carbonyl (C=O) groups is 2. The minimum atomic E-state index is -0.884. The lowest BCUT2D eigenvalue weighted by atomic mass is 10.0. The maximum absolute atomic E-state index is 12.8. The number of hydrogen-bond donors (Lipinski definition) is 1. The molecule has 4 aromatic rings. The highest BCUT2D eigenvalue weighted by molar-refractivity contribution is 7.19. The maximum atomic E-state index is 12.8. The molecule has 0 radical (unpaired) electrons. The van der Waals surface area contributed by atoms with Gasteiger partial charge in [0.1, 0.15) is 5.01 Å². The van der Waals surface area contributed by atoms with E-state index in [2.05, 4.69) is 9.97 Å². The standard InChI is InChI=1S/C22H18N2O3S/c1-13-21(15-7-3-4-8-16(15)23-13)22(26)14(2)27-20(25)12-11-19-24-17-9-5-6-10-18(17)28-19/h3-12,14,23H,1-2H3. The zero-order chi connectivity index (χ0) is 19.7. The average Bonchev–Trinajstić information content (AvgIpc) is 3.25. The number of esters is 1. The van der Waals surface area contributed by atoms with E-state index >= 15 is 0 Å². The molecule has 1 N–H and O–H groups in total. The van der Waals surface area contributed by atoms with Crippen molar-refractivity contribution in [2.24, 2.45) is 0 Å². The van der Waals surface area contributed by atoms with Crippen LogP contribution in [0.2, 0.25) is 0 Å². The number of ketones is 1. The van der Waals surface area contributed by atoms with E-state index in [1.165, 1.54) is 17.4 Å². The fraction of sp³-hybridized carbons (Fsp3) is 0.136. The molecule has 2 aromatic carbocycles. The summed E-state index contributed by atoms with van der Waals surface area (Å²) in [5.74, 6) is -0.797. The molecule has 0 saturated carbocycles. The van der Waals surface area contributed by atoms with Crippen molar-refractivity contribution in [1.82, 2.24) is 9.97 Å². The lowest BCUT2D eigenvalue weighted by Gasteiger charge is -2.11. The number of Topliss-reactive ketones (excluding diaryl/α,β-unsaturated/α-hetero) is 1. The Balaban J connectivity index is 1.47. The highest BCUT2D eigenvalue weighted by Gasteiger charge is 2.23. The topological polar surface area (TPSA) is 72.1 Å². The van der Waals surface area contributed by atoms with Gasteiger partial charge in [-0.25, -0.2) is 9.78 Å². The van der Waals surface area contributed by atoms with Gasteiger partial charge in [0.25, 0.3) is 0 Å². The molecule has 0 saturated heterocycles. The molecule has 2 aromatic heterocycles. The number of thiazole rings is 1. The molecule has 5 nitrogen and oxygen atoms in total. The molecule has 2 heterocycles. The lowest BCUT2D eigenvalue weighted by Crippen LogP contribution is -2.24. The second kappa shape index (κ2) is 7.40. The van der Waals surface area contributed by atoms with Gasteiger partial charge in [-0.2, -0.15) is 0 Å². The van der Waals surface area contributed by atoms with Gasteiger partial charge < -0.3 is 9.72 Å². The van der Waals surface area contributed by atoms with Gasteiger partial charge in [-0.15, -0.1) is 11.3 Å². The van der Waals surface area contributed by atoms with Gasteiger partial charge in [-0.3, -0.25) is 4.79 Å². The first-order chi connectivity index (χ1) is 13.5. The van der Waals surface area contributed by atoms with Gasteiger partial charge in [0.05, 0.1) is 10.2 Å². The molecule has 1 atom stereocenters. The van der Waals surface area contributed by atoms with Gasteiger partial charge in [0.2, 0.25) is 5.78 Å². The number of aromatic nitrogens is 2. The predicted octanol–water partition coefficient (Wildman–Crippen LogP) is 4.91. The molecule has 4 rings (SSSR count). The molecular formula is C22H18N2O3S. The van der Waals surface area contributed by atoms with Crippen molar-refractivity contribution in [1.29, 1.82) is 0 Å². The predicted molar refractivity (Wildman–Crippen MR) is 112 cm³/mol. The van der Waals surface area contributed by atoms with Crippen molar-refractivity contribution in [3.05, 3.63) is 70.9 Å². The van der Waals surface area contributed by atoms with Crippen molar-refractivity contribution in [2.75, 3.05) is 0 Å². The highest BCUT2D eigenvalue weighted by atomic mass is 32.1. The summed E-state index contributed by atoms with van der Waals surface area (Å²) >= 11 is 1.49. The molecule has 0 spiro atoms. The van der Waals surface area contributed by atoms with Gasteiger partial charge in [-0.1, -0.05) is 30.3 Å². The summed E-state index contributed by atoms with van der Waals surface area (Å²) < 4.78 is 6.37. The first-order valence-electron chi connectivity index (χ1n) is 8.88. The third-order valence-electron chi connectivity index (χ3n) is 4.47. The number of rotatable bonds is 5. The minimum Gasteiger partial charge on any atom is -0.451 e. The fourth-order valence-electron chi connectivity index (χ4n) is 3.17. The minimum absolute atomic E-state index is 0.225. The number of fused-ring (bicyclic) bond motifs is 2. The average molecular weight is 390 g/mol. The first kappa shape index (κ1) is 18.1. The van der Waals surface area contributed by atoms with Gasteiger partial charge >= 0.3 is 5.97 Å². The Morgan fingerprint density at radius 1 is 1.14 bits per heavy atom. The summed E-state index contributed by atoms with van der Waals surface area (Å²) in [4.78, 5) is 32.6. The van der Waals surface area contributed by atoms with Crippen LogP contribution in [-0.4, -0.2) is 27.8 Å². The summed E-state index contributed by atoms with van der Waals surface area (Å²) in [6.45, 7) is 3.43. The van der Waals surface area contributed by atoms with E-state index in [1.54, 1.807) is 13.0 Å². The van der Waals surface area contributed by atoms with Crippen LogP contribution in [0.1, 0.15) is 28.0 Å². The number of aromatic amines is 1. The van der Waals surface area contributed by atoms with Crippen LogP contribution in [0, 0.1) is 6.92 Å². The molecule has 1 unspecified atom stereocenters. The number of nitrogens with one attached hydrogen (secondary N) is 1. The summed E-state index contributed by atoms with van der Waals surface area (Å²) in [7, 11) is 0. The number of benzene rings is 2. The summed E-state index contributed by atoms with van der Waals surface area (Å²) in [6.07, 6.45) is 2.04. The van der Waals surface area contributed by atoms with Crippen molar-refractivity contribution < 1.29 is 14.3 Å². The lowest BCUT2D eigenvalue weighted by molar-refractivity contribution is -0.140. The molecule has 0 aliphatic carbocycles. The van der Waals surface area contributed by atoms with Crippen LogP contribution >= 0.6 is 11.3 Å². The van der Waals surface area contributed by atoms with E-state index in [4.69, 9.17) is 4.74 Å². The number of para-hydroxylation sites is 2. The Morgan fingerprint density at radius 3 is 2.71 bits per heavy atom. The molecule has 0 bridgehead atoms. The zero-order valence-electron chi connectivity index (χ0n) is 15.4. The molecule has 6 heteroatoms. The highest BCUT2D eigenvalue weighted by Crippen LogP contribution is 2.24. The number of nitrogens with zero attached hydrogens (tertiary/aromatic N) is 1. The third kappa shape index (κ3) is 3.46. The largest absolute Gasteiger partial charge is 0.451 e. The summed E-state index contributed by atoms with van der Waals surface area (Å²) in [5, 5.41) is 1.54. The van der Waals surface area contributed by atoms with Crippen molar-refractivity contribution in [2.45, 2.75) is 20.0 Å². The van der Waals surface area contributed by atoms with Crippen LogP contribution in [0.5, 0.6) is 0 Å². The van der Waals surface area contributed by atoms with E-state index in [-0.39, 0.29) is 5.78 Å². The molecular weight excluding hydrogens is 372 g/mol. The van der Waals surface area contributed by atoms with Gasteiger partial charge in [0.15, 0.2) is 6.10 Å². The van der Waals surface area contributed by atoms with E-state index in [9.17, 15) is 9.59 Å². The van der Waals surface area contributed by atoms with Crippen molar-refractivity contribution in [3.8, 4) is 0 Å². The smallest absolute Gasteiger partial charge is 0.331 e. The third-order valence-corrected chi connectivity index (χ3v) is 5.48. The maximum Gasteiger partial charge on any atom is 0.331 e. The monoisotopic (exact) mass is 390 g/mol. The van der Waals surface area contributed by atoms with E-state index in [1.807, 2.05) is 55.5 Å². The van der Waals surface area contributed by atoms with E-state index in [0.29, 0.717) is 10.6 Å². The van der Waals surface area contributed by atoms with Crippen molar-refractivity contribution >= 4 is 50.3 Å². The molecule has 0 aliphatic rings. The Morgan fingerprint density at radius 2 is 1.89 bits per heavy atom. The fourth-order valence-corrected chi connectivity index (χ4v) is 4.04. The molecule has 0 fully saturated rings. The Hall–Kier alpha value is -3.25. The molecule has 28 heavy (non-hydrogen) atoms. The van der Waals surface area contributed by atoms with Crippen LogP contribution in [0.4, 0.5) is 0 Å². The van der Waals surface area contributed by atoms with E-state index < -0.39 is 12.1 Å². The number of carbonyl (C=O) groups excluding carboxylic acids is 2. The second-order valence-corrected chi connectivity index (χ2v) is 7.53. The van der Waals surface area contributed by atoms with Crippen LogP contribution in [0.3, 0.4) is 0 Å². The van der Waals surface area contributed by atoms with Gasteiger partial charge in [-0.05, 0) is 38.1 Å². The van der Waals surface area contributed by atoms with Crippen LogP contribution in [-0.2, 0) is 9.53 Å². The zero-order valence-corrected chi connectivity index (χ0v) is 16.2. The number of ether oxygens (including phenoxy) is 1. The van der Waals surface area contributed by atoms with Crippen LogP contribution in [0.15, 0.2) is 54.6 Å².